The Balaban J connectivity index is 1.37. The third kappa shape index (κ3) is 7.01. The number of piperazine rings is 1. The van der Waals surface area contributed by atoms with Crippen molar-refractivity contribution in [1.29, 1.82) is 0 Å². The van der Waals surface area contributed by atoms with E-state index in [1.165, 1.54) is 4.90 Å². The van der Waals surface area contributed by atoms with Crippen LogP contribution in [0.3, 0.4) is 0 Å². The fourth-order valence-electron chi connectivity index (χ4n) is 5.64. The maximum absolute atomic E-state index is 13.9. The third-order valence-corrected chi connectivity index (χ3v) is 7.94. The maximum atomic E-state index is 13.9. The predicted octanol–water partition coefficient (Wildman–Crippen LogP) is 4.26. The molecule has 0 aliphatic carbocycles. The van der Waals surface area contributed by atoms with E-state index < -0.39 is 12.2 Å². The van der Waals surface area contributed by atoms with Crippen LogP contribution in [0.25, 0.3) is 11.3 Å². The average Bonchev–Trinajstić information content (AvgIpc) is 3.52. The fourth-order valence-corrected chi connectivity index (χ4v) is 5.64. The van der Waals surface area contributed by atoms with Crippen LogP contribution < -0.4 is 15.0 Å². The van der Waals surface area contributed by atoms with Gasteiger partial charge in [-0.2, -0.15) is 0 Å². The highest BCUT2D eigenvalue weighted by Gasteiger charge is 2.33. The van der Waals surface area contributed by atoms with Crippen molar-refractivity contribution < 1.29 is 29.0 Å². The number of benzene rings is 1. The Morgan fingerprint density at radius 3 is 2.55 bits per heavy atom. The molecule has 2 aliphatic rings. The number of pyridine rings is 2. The zero-order chi connectivity index (χ0) is 31.1. The zero-order valence-electron chi connectivity index (χ0n) is 25.0. The predicted molar refractivity (Wildman–Crippen MR) is 164 cm³/mol. The maximum Gasteiger partial charge on any atom is 0.410 e. The quantitative estimate of drug-likeness (QED) is 0.368. The van der Waals surface area contributed by atoms with E-state index in [-0.39, 0.29) is 30.3 Å². The van der Waals surface area contributed by atoms with Gasteiger partial charge in [-0.15, -0.1) is 0 Å². The highest BCUT2D eigenvalue weighted by atomic mass is 16.6. The Morgan fingerprint density at radius 1 is 0.977 bits per heavy atom. The van der Waals surface area contributed by atoms with Gasteiger partial charge in [0.15, 0.2) is 5.69 Å². The number of anilines is 1. The van der Waals surface area contributed by atoms with Crippen molar-refractivity contribution in [3.8, 4) is 17.1 Å². The molecule has 0 unspecified atom stereocenters. The lowest BCUT2D eigenvalue weighted by Gasteiger charge is -2.42. The number of amides is 3. The summed E-state index contributed by atoms with van der Waals surface area (Å²) in [6, 6.07) is 16.4. The molecule has 3 aromatic rings. The Labute approximate surface area is 256 Å². The topological polar surface area (TPSA) is 137 Å². The molecule has 0 spiro atoms. The summed E-state index contributed by atoms with van der Waals surface area (Å²) in [4.78, 5) is 52.6. The number of likely N-dealkylation sites (tertiary alicyclic amines) is 1. The summed E-state index contributed by atoms with van der Waals surface area (Å²) in [5.41, 5.74) is 2.94. The van der Waals surface area contributed by atoms with Crippen LogP contribution in [0.2, 0.25) is 0 Å². The Morgan fingerprint density at radius 2 is 1.80 bits per heavy atom. The molecule has 2 N–H and O–H groups in total. The molecule has 3 amide bonds. The van der Waals surface area contributed by atoms with E-state index in [1.807, 2.05) is 62.4 Å². The number of ether oxygens (including phenoxy) is 2. The van der Waals surface area contributed by atoms with Crippen LogP contribution in [-0.2, 0) is 11.3 Å². The molecule has 1 aromatic carbocycles. The molecule has 44 heavy (non-hydrogen) atoms. The molecule has 2 aliphatic heterocycles. The molecule has 4 heterocycles. The summed E-state index contributed by atoms with van der Waals surface area (Å²) in [6.07, 6.45) is 1.52. The molecular weight excluding hydrogens is 564 g/mol. The van der Waals surface area contributed by atoms with Crippen molar-refractivity contribution in [2.24, 2.45) is 0 Å². The molecule has 232 valence electrons. The van der Waals surface area contributed by atoms with Crippen molar-refractivity contribution in [2.75, 3.05) is 44.2 Å². The lowest BCUT2D eigenvalue weighted by molar-refractivity contribution is 0.0917. The molecule has 2 fully saturated rings. The Hall–Kier alpha value is -4.87. The fraction of sp³-hybridized carbons (Fsp3) is 0.406. The van der Waals surface area contributed by atoms with E-state index in [9.17, 15) is 19.5 Å². The van der Waals surface area contributed by atoms with Gasteiger partial charge in [0.05, 0.1) is 23.6 Å². The van der Waals surface area contributed by atoms with Crippen molar-refractivity contribution in [3.63, 3.8) is 0 Å². The molecule has 12 heteroatoms. The number of nitrogens with zero attached hydrogens (tertiary/aromatic N) is 5. The molecule has 0 saturated carbocycles. The van der Waals surface area contributed by atoms with Crippen LogP contribution in [0.4, 0.5) is 15.3 Å². The van der Waals surface area contributed by atoms with Crippen LogP contribution in [-0.4, -0.2) is 94.4 Å². The summed E-state index contributed by atoms with van der Waals surface area (Å²) < 4.78 is 11.2. The molecule has 2 atom stereocenters. The molecule has 2 saturated heterocycles. The number of nitrogens with one attached hydrogen (secondary N) is 1. The van der Waals surface area contributed by atoms with Crippen LogP contribution in [0.1, 0.15) is 42.7 Å². The Bertz CT molecular complexity index is 1470. The largest absolute Gasteiger partial charge is 0.477 e. The van der Waals surface area contributed by atoms with Gasteiger partial charge < -0.3 is 34.6 Å². The minimum Gasteiger partial charge on any atom is -0.477 e. The monoisotopic (exact) mass is 602 g/mol. The molecule has 2 aromatic heterocycles. The van der Waals surface area contributed by atoms with Crippen LogP contribution in [0.5, 0.6) is 5.88 Å². The second kappa shape index (κ2) is 14.1. The number of carbonyl (C=O) groups excluding carboxylic acids is 2. The van der Waals surface area contributed by atoms with Crippen molar-refractivity contribution in [2.45, 2.75) is 45.4 Å². The first-order valence-electron chi connectivity index (χ1n) is 15.0. The number of carboxylic acid groups (broad SMARTS) is 1. The first-order valence-corrected chi connectivity index (χ1v) is 15.0. The highest BCUT2D eigenvalue weighted by molar-refractivity contribution is 5.99. The summed E-state index contributed by atoms with van der Waals surface area (Å²) in [5, 5.41) is 12.7. The number of aromatic nitrogens is 2. The number of carbonyl (C=O) groups is 3. The van der Waals surface area contributed by atoms with Gasteiger partial charge in [0.1, 0.15) is 6.61 Å². The first-order chi connectivity index (χ1) is 21.4. The lowest BCUT2D eigenvalue weighted by atomic mass is 10.1. The SMILES string of the molecule is CCOc1ncccc1-c1ccc(N2CCN(C(=O)O)C[C@H]2CC)c(C(=O)N[C@@H]2CCN(C(=O)OCc3ccccc3)C2)n1. The second-order valence-electron chi connectivity index (χ2n) is 10.8. The van der Waals surface area contributed by atoms with Crippen molar-refractivity contribution >= 4 is 23.8 Å². The highest BCUT2D eigenvalue weighted by Crippen LogP contribution is 2.32. The zero-order valence-corrected chi connectivity index (χ0v) is 25.0. The van der Waals surface area contributed by atoms with Gasteiger partial charge in [-0.05, 0) is 49.6 Å². The van der Waals surface area contributed by atoms with Gasteiger partial charge in [-0.25, -0.2) is 19.6 Å². The molecule has 5 rings (SSSR count). The first kappa shape index (κ1) is 30.6. The van der Waals surface area contributed by atoms with E-state index >= 15 is 0 Å². The minimum absolute atomic E-state index is 0.127. The number of rotatable bonds is 9. The van der Waals surface area contributed by atoms with Gasteiger partial charge >= 0.3 is 12.2 Å². The molecule has 0 bridgehead atoms. The summed E-state index contributed by atoms with van der Waals surface area (Å²) in [7, 11) is 0. The van der Waals surface area contributed by atoms with Crippen LogP contribution >= 0.6 is 0 Å². The van der Waals surface area contributed by atoms with Crippen LogP contribution in [0, 0.1) is 0 Å². The van der Waals surface area contributed by atoms with Crippen molar-refractivity contribution in [1.82, 2.24) is 25.1 Å². The molecule has 0 radical (unpaired) electrons. The van der Waals surface area contributed by atoms with Gasteiger partial charge in [0, 0.05) is 51.0 Å². The van der Waals surface area contributed by atoms with Gasteiger partial charge in [-0.1, -0.05) is 37.3 Å². The lowest BCUT2D eigenvalue weighted by Crippen LogP contribution is -2.55. The van der Waals surface area contributed by atoms with Gasteiger partial charge in [0.2, 0.25) is 5.88 Å². The van der Waals surface area contributed by atoms with E-state index in [4.69, 9.17) is 14.5 Å². The third-order valence-electron chi connectivity index (χ3n) is 7.94. The second-order valence-corrected chi connectivity index (χ2v) is 10.8. The Kier molecular flexibility index (Phi) is 9.78. The van der Waals surface area contributed by atoms with E-state index in [2.05, 4.69) is 15.2 Å². The van der Waals surface area contributed by atoms with E-state index in [0.717, 1.165) is 5.56 Å². The number of hydrogen-bond acceptors (Lipinski definition) is 8. The molecular formula is C32H38N6O6. The summed E-state index contributed by atoms with van der Waals surface area (Å²) >= 11 is 0. The average molecular weight is 603 g/mol. The van der Waals surface area contributed by atoms with Crippen molar-refractivity contribution in [3.05, 3.63) is 72.1 Å². The van der Waals surface area contributed by atoms with E-state index in [1.54, 1.807) is 17.2 Å². The standard InChI is InChI=1S/C32H38N6O6/c1-3-24-20-36(31(40)41)17-18-38(24)27-13-12-26(25-11-8-15-33-30(25)43-4-2)35-28(27)29(39)34-23-14-16-37(19-23)32(42)44-21-22-9-6-5-7-10-22/h5-13,15,23-24H,3-4,14,16-21H2,1-2H3,(H,34,39)(H,40,41)/t23-,24-/m1/s1. The van der Waals surface area contributed by atoms with E-state index in [0.29, 0.717) is 75.0 Å². The minimum atomic E-state index is -0.956. The van der Waals surface area contributed by atoms with Crippen LogP contribution in [0.15, 0.2) is 60.8 Å². The smallest absolute Gasteiger partial charge is 0.410 e. The van der Waals surface area contributed by atoms with Gasteiger partial charge in [-0.3, -0.25) is 4.79 Å². The van der Waals surface area contributed by atoms with Gasteiger partial charge in [0.25, 0.3) is 5.91 Å². The normalized spacial score (nSPS) is 18.2. The number of hydrogen-bond donors (Lipinski definition) is 2. The summed E-state index contributed by atoms with van der Waals surface area (Å²) in [6.45, 7) is 6.32. The molecule has 12 nitrogen and oxygen atoms in total. The summed E-state index contributed by atoms with van der Waals surface area (Å²) in [5.74, 6) is 0.0484.